The minimum Gasteiger partial charge on any atom is -0.468 e. The van der Waals surface area contributed by atoms with Gasteiger partial charge in [-0.2, -0.15) is 0 Å². The highest BCUT2D eigenvalue weighted by Gasteiger charge is 2.30. The fourth-order valence-electron chi connectivity index (χ4n) is 1.79. The van der Waals surface area contributed by atoms with Crippen molar-refractivity contribution in [1.82, 2.24) is 10.2 Å². The third kappa shape index (κ3) is 5.90. The number of primary amides is 1. The molecule has 3 amide bonds. The molecule has 0 aliphatic heterocycles. The first-order chi connectivity index (χ1) is 9.37. The Balaban J connectivity index is 5.02. The summed E-state index contributed by atoms with van der Waals surface area (Å²) in [5.74, 6) is -0.883. The lowest BCUT2D eigenvalue weighted by Crippen LogP contribution is -2.54. The van der Waals surface area contributed by atoms with E-state index in [0.29, 0.717) is 19.4 Å². The van der Waals surface area contributed by atoms with Crippen molar-refractivity contribution in [2.24, 2.45) is 11.7 Å². The van der Waals surface area contributed by atoms with E-state index in [2.05, 4.69) is 10.1 Å². The summed E-state index contributed by atoms with van der Waals surface area (Å²) in [7, 11) is 1.27. The summed E-state index contributed by atoms with van der Waals surface area (Å²) in [6.45, 7) is 5.95. The van der Waals surface area contributed by atoms with Crippen LogP contribution in [0.15, 0.2) is 0 Å². The molecule has 3 N–H and O–H groups in total. The lowest BCUT2D eigenvalue weighted by molar-refractivity contribution is -0.148. The van der Waals surface area contributed by atoms with Crippen molar-refractivity contribution in [3.63, 3.8) is 0 Å². The molecule has 0 aliphatic carbocycles. The molecule has 0 bridgehead atoms. The van der Waals surface area contributed by atoms with Gasteiger partial charge in [0.1, 0.15) is 12.6 Å². The molecule has 0 saturated heterocycles. The molecule has 116 valence electrons. The van der Waals surface area contributed by atoms with Gasteiger partial charge >= 0.3 is 12.0 Å². The van der Waals surface area contributed by atoms with Crippen molar-refractivity contribution >= 4 is 17.9 Å². The van der Waals surface area contributed by atoms with Gasteiger partial charge in [0.25, 0.3) is 0 Å². The number of amides is 3. The number of nitrogens with two attached hydrogens (primary N) is 1. The minimum atomic E-state index is -0.752. The van der Waals surface area contributed by atoms with E-state index in [-0.39, 0.29) is 18.4 Å². The third-order valence-electron chi connectivity index (χ3n) is 3.13. The highest BCUT2D eigenvalue weighted by Crippen LogP contribution is 2.11. The van der Waals surface area contributed by atoms with Crippen LogP contribution in [0.3, 0.4) is 0 Å². The Bertz CT molecular complexity index is 347. The summed E-state index contributed by atoms with van der Waals surface area (Å²) < 4.78 is 4.58. The molecule has 0 aromatic rings. The predicted molar refractivity (Wildman–Crippen MR) is 74.8 cm³/mol. The van der Waals surface area contributed by atoms with Gasteiger partial charge in [-0.25, -0.2) is 4.79 Å². The summed E-state index contributed by atoms with van der Waals surface area (Å²) in [4.78, 5) is 36.3. The van der Waals surface area contributed by atoms with Crippen molar-refractivity contribution in [3.8, 4) is 0 Å². The zero-order valence-corrected chi connectivity index (χ0v) is 12.6. The molecule has 0 saturated carbocycles. The van der Waals surface area contributed by atoms with E-state index in [1.165, 1.54) is 12.0 Å². The summed E-state index contributed by atoms with van der Waals surface area (Å²) in [5.41, 5.74) is 5.11. The van der Waals surface area contributed by atoms with Gasteiger partial charge in [-0.05, 0) is 12.3 Å². The molecule has 2 atom stereocenters. The fraction of sp³-hybridized carbons (Fsp3) is 0.769. The number of nitrogens with one attached hydrogen (secondary N) is 1. The fourth-order valence-corrected chi connectivity index (χ4v) is 1.79. The number of hydrogen-bond acceptors (Lipinski definition) is 4. The van der Waals surface area contributed by atoms with Gasteiger partial charge in [-0.1, -0.05) is 27.2 Å². The second kappa shape index (κ2) is 9.17. The first kappa shape index (κ1) is 18.2. The molecule has 0 aliphatic rings. The summed E-state index contributed by atoms with van der Waals surface area (Å²) >= 11 is 0. The van der Waals surface area contributed by atoms with E-state index in [1.807, 2.05) is 20.8 Å². The van der Waals surface area contributed by atoms with Crippen LogP contribution < -0.4 is 11.1 Å². The summed E-state index contributed by atoms with van der Waals surface area (Å²) in [6, 6.07) is -1.48. The second-order valence-corrected chi connectivity index (χ2v) is 4.71. The number of carbonyl (C=O) groups excluding carboxylic acids is 3. The first-order valence-corrected chi connectivity index (χ1v) is 6.78. The van der Waals surface area contributed by atoms with Gasteiger partial charge in [0.15, 0.2) is 0 Å². The molecular formula is C13H25N3O4. The Hall–Kier alpha value is -1.79. The maximum Gasteiger partial charge on any atom is 0.325 e. The van der Waals surface area contributed by atoms with Crippen molar-refractivity contribution in [2.75, 3.05) is 20.2 Å². The van der Waals surface area contributed by atoms with Gasteiger partial charge in [0.2, 0.25) is 5.91 Å². The lowest BCUT2D eigenvalue weighted by atomic mass is 9.98. The van der Waals surface area contributed by atoms with E-state index < -0.39 is 18.0 Å². The number of ether oxygens (including phenoxy) is 1. The number of hydrogen-bond donors (Lipinski definition) is 2. The van der Waals surface area contributed by atoms with Crippen molar-refractivity contribution < 1.29 is 19.1 Å². The minimum absolute atomic E-state index is 0.0768. The third-order valence-corrected chi connectivity index (χ3v) is 3.13. The number of carbonyl (C=O) groups is 3. The van der Waals surface area contributed by atoms with Gasteiger partial charge in [-0.15, -0.1) is 0 Å². The van der Waals surface area contributed by atoms with Crippen molar-refractivity contribution in [3.05, 3.63) is 0 Å². The smallest absolute Gasteiger partial charge is 0.325 e. The number of methoxy groups -OCH3 is 1. The first-order valence-electron chi connectivity index (χ1n) is 6.78. The van der Waals surface area contributed by atoms with E-state index in [1.54, 1.807) is 0 Å². The Labute approximate surface area is 119 Å². The molecule has 0 fully saturated rings. The Morgan fingerprint density at radius 1 is 1.30 bits per heavy atom. The summed E-state index contributed by atoms with van der Waals surface area (Å²) in [5, 5.41) is 2.46. The van der Waals surface area contributed by atoms with Gasteiger partial charge < -0.3 is 20.7 Å². The Morgan fingerprint density at radius 3 is 2.30 bits per heavy atom. The maximum absolute atomic E-state index is 12.5. The van der Waals surface area contributed by atoms with E-state index in [9.17, 15) is 14.4 Å². The molecule has 7 nitrogen and oxygen atoms in total. The van der Waals surface area contributed by atoms with Gasteiger partial charge in [-0.3, -0.25) is 9.59 Å². The Morgan fingerprint density at radius 2 is 1.90 bits per heavy atom. The monoisotopic (exact) mass is 287 g/mol. The largest absolute Gasteiger partial charge is 0.468 e. The van der Waals surface area contributed by atoms with E-state index >= 15 is 0 Å². The van der Waals surface area contributed by atoms with Crippen LogP contribution in [-0.4, -0.2) is 49.0 Å². The van der Waals surface area contributed by atoms with Gasteiger partial charge in [0.05, 0.1) is 7.11 Å². The molecule has 20 heavy (non-hydrogen) atoms. The standard InChI is InChI=1S/C13H25N3O4/c1-5-7-16(8-10(17)20-4)12(18)11(9(3)6-2)15-13(14)19/h9,11H,5-8H2,1-4H3,(H3,14,15,19). The normalized spacial score (nSPS) is 13.2. The molecular weight excluding hydrogens is 262 g/mol. The SMILES string of the molecule is CCCN(CC(=O)OC)C(=O)C(NC(N)=O)C(C)CC. The highest BCUT2D eigenvalue weighted by molar-refractivity contribution is 5.89. The van der Waals surface area contributed by atoms with Crippen LogP contribution >= 0.6 is 0 Å². The number of esters is 1. The molecule has 0 aromatic carbocycles. The van der Waals surface area contributed by atoms with E-state index in [4.69, 9.17) is 5.73 Å². The maximum atomic E-state index is 12.5. The topological polar surface area (TPSA) is 102 Å². The molecule has 0 radical (unpaired) electrons. The van der Waals surface area contributed by atoms with Crippen LogP contribution in [0.25, 0.3) is 0 Å². The van der Waals surface area contributed by atoms with Crippen LogP contribution in [0.5, 0.6) is 0 Å². The average molecular weight is 287 g/mol. The van der Waals surface area contributed by atoms with Crippen molar-refractivity contribution in [1.29, 1.82) is 0 Å². The summed E-state index contributed by atoms with van der Waals surface area (Å²) in [6.07, 6.45) is 1.40. The van der Waals surface area contributed by atoms with Crippen LogP contribution in [0.4, 0.5) is 4.79 Å². The predicted octanol–water partition coefficient (Wildman–Crippen LogP) is 0.481. The van der Waals surface area contributed by atoms with Crippen LogP contribution in [0.1, 0.15) is 33.6 Å². The zero-order chi connectivity index (χ0) is 15.7. The highest BCUT2D eigenvalue weighted by atomic mass is 16.5. The molecule has 2 unspecified atom stereocenters. The molecule has 0 heterocycles. The van der Waals surface area contributed by atoms with Crippen LogP contribution in [0, 0.1) is 5.92 Å². The molecule has 0 spiro atoms. The average Bonchev–Trinajstić information content (AvgIpc) is 2.42. The van der Waals surface area contributed by atoms with Crippen molar-refractivity contribution in [2.45, 2.75) is 39.7 Å². The second-order valence-electron chi connectivity index (χ2n) is 4.71. The molecule has 0 aromatic heterocycles. The lowest BCUT2D eigenvalue weighted by Gasteiger charge is -2.29. The molecule has 0 rings (SSSR count). The molecule has 7 heteroatoms. The Kier molecular flexibility index (Phi) is 8.35. The quantitative estimate of drug-likeness (QED) is 0.634. The van der Waals surface area contributed by atoms with E-state index in [0.717, 1.165) is 0 Å². The van der Waals surface area contributed by atoms with Gasteiger partial charge in [0, 0.05) is 6.54 Å². The zero-order valence-electron chi connectivity index (χ0n) is 12.6. The number of rotatable bonds is 8. The van der Waals surface area contributed by atoms with Crippen LogP contribution in [0.2, 0.25) is 0 Å². The van der Waals surface area contributed by atoms with Crippen LogP contribution in [-0.2, 0) is 14.3 Å². The number of nitrogens with zero attached hydrogens (tertiary/aromatic N) is 1. The number of urea groups is 1.